The van der Waals surface area contributed by atoms with Crippen molar-refractivity contribution < 1.29 is 13.9 Å². The Labute approximate surface area is 187 Å². The van der Waals surface area contributed by atoms with Gasteiger partial charge in [0.2, 0.25) is 5.91 Å². The van der Waals surface area contributed by atoms with E-state index in [0.717, 1.165) is 44.6 Å². The number of hydrogen-bond acceptors (Lipinski definition) is 6. The minimum atomic E-state index is -0.660. The minimum Gasteiger partial charge on any atom is -0.381 e. The first-order chi connectivity index (χ1) is 15.6. The van der Waals surface area contributed by atoms with E-state index in [1.165, 1.54) is 31.4 Å². The SMILES string of the molecule is NC(=O)c1ccc(-c2ccc(N[C@H]3C[C@@H]4CN[C@@H](CC5CCOCC5)[C@H]4C3)nn2)c(F)c1. The maximum Gasteiger partial charge on any atom is 0.248 e. The lowest BCUT2D eigenvalue weighted by Gasteiger charge is -2.27. The largest absolute Gasteiger partial charge is 0.381 e. The lowest BCUT2D eigenvalue weighted by Crippen LogP contribution is -2.33. The van der Waals surface area contributed by atoms with Gasteiger partial charge in [0.1, 0.15) is 11.6 Å². The minimum absolute atomic E-state index is 0.133. The molecule has 8 heteroatoms. The van der Waals surface area contributed by atoms with Crippen LogP contribution in [-0.4, -0.2) is 47.9 Å². The van der Waals surface area contributed by atoms with Crippen LogP contribution in [0.4, 0.5) is 10.2 Å². The zero-order valence-corrected chi connectivity index (χ0v) is 18.1. The van der Waals surface area contributed by atoms with Crippen LogP contribution in [-0.2, 0) is 4.74 Å². The van der Waals surface area contributed by atoms with Crippen molar-refractivity contribution in [2.45, 2.75) is 44.2 Å². The highest BCUT2D eigenvalue weighted by atomic mass is 19.1. The molecule has 1 aromatic carbocycles. The third-order valence-corrected chi connectivity index (χ3v) is 7.38. The van der Waals surface area contributed by atoms with Crippen molar-refractivity contribution in [2.24, 2.45) is 23.5 Å². The van der Waals surface area contributed by atoms with Crippen molar-refractivity contribution in [2.75, 3.05) is 25.1 Å². The van der Waals surface area contributed by atoms with Crippen LogP contribution in [0.2, 0.25) is 0 Å². The van der Waals surface area contributed by atoms with E-state index in [-0.39, 0.29) is 5.56 Å². The Kier molecular flexibility index (Phi) is 6.06. The fourth-order valence-corrected chi connectivity index (χ4v) is 5.69. The average Bonchev–Trinajstić information content (AvgIpc) is 3.36. The zero-order valence-electron chi connectivity index (χ0n) is 18.1. The molecule has 1 amide bonds. The number of carbonyl (C=O) groups is 1. The number of nitrogens with zero attached hydrogens (tertiary/aromatic N) is 2. The number of amides is 1. The van der Waals surface area contributed by atoms with Gasteiger partial charge >= 0.3 is 0 Å². The Hall–Kier alpha value is -2.58. The summed E-state index contributed by atoms with van der Waals surface area (Å²) in [6.45, 7) is 2.91. The second-order valence-electron chi connectivity index (χ2n) is 9.41. The summed E-state index contributed by atoms with van der Waals surface area (Å²) >= 11 is 0. The van der Waals surface area contributed by atoms with Crippen LogP contribution in [0.5, 0.6) is 0 Å². The summed E-state index contributed by atoms with van der Waals surface area (Å²) in [5.74, 6) is 1.71. The van der Waals surface area contributed by atoms with Crippen LogP contribution in [0.25, 0.3) is 11.3 Å². The predicted molar refractivity (Wildman–Crippen MR) is 120 cm³/mol. The van der Waals surface area contributed by atoms with Crippen molar-refractivity contribution in [1.82, 2.24) is 15.5 Å². The van der Waals surface area contributed by atoms with E-state index >= 15 is 0 Å². The van der Waals surface area contributed by atoms with Gasteiger partial charge in [-0.25, -0.2) is 4.39 Å². The number of rotatable bonds is 6. The number of benzene rings is 1. The Bertz CT molecular complexity index is 963. The molecule has 2 aliphatic heterocycles. The number of nitrogens with one attached hydrogen (secondary N) is 2. The number of aromatic nitrogens is 2. The molecule has 0 bridgehead atoms. The van der Waals surface area contributed by atoms with Gasteiger partial charge in [-0.2, -0.15) is 0 Å². The van der Waals surface area contributed by atoms with E-state index in [4.69, 9.17) is 10.5 Å². The van der Waals surface area contributed by atoms with Gasteiger partial charge in [0.25, 0.3) is 0 Å². The van der Waals surface area contributed by atoms with Crippen molar-refractivity contribution in [3.05, 3.63) is 41.7 Å². The molecule has 0 radical (unpaired) electrons. The molecule has 32 heavy (non-hydrogen) atoms. The lowest BCUT2D eigenvalue weighted by atomic mass is 9.85. The molecule has 0 unspecified atom stereocenters. The highest BCUT2D eigenvalue weighted by molar-refractivity contribution is 5.93. The maximum absolute atomic E-state index is 14.4. The number of primary amides is 1. The Morgan fingerprint density at radius 2 is 2.03 bits per heavy atom. The van der Waals surface area contributed by atoms with Gasteiger partial charge in [-0.15, -0.1) is 10.2 Å². The van der Waals surface area contributed by atoms with Gasteiger partial charge in [0, 0.05) is 36.4 Å². The van der Waals surface area contributed by atoms with Crippen molar-refractivity contribution in [1.29, 1.82) is 0 Å². The molecule has 4 N–H and O–H groups in total. The second-order valence-corrected chi connectivity index (χ2v) is 9.41. The molecule has 170 valence electrons. The molecule has 1 saturated carbocycles. The fraction of sp³-hybridized carbons (Fsp3) is 0.542. The average molecular weight is 440 g/mol. The molecule has 5 rings (SSSR count). The van der Waals surface area contributed by atoms with Crippen LogP contribution < -0.4 is 16.4 Å². The molecule has 1 aliphatic carbocycles. The Balaban J connectivity index is 1.19. The third kappa shape index (κ3) is 4.47. The molecule has 7 nitrogen and oxygen atoms in total. The predicted octanol–water partition coefficient (Wildman–Crippen LogP) is 2.98. The zero-order chi connectivity index (χ0) is 22.1. The van der Waals surface area contributed by atoms with Gasteiger partial charge in [0.05, 0.1) is 5.69 Å². The summed E-state index contributed by atoms with van der Waals surface area (Å²) in [5, 5.41) is 15.8. The third-order valence-electron chi connectivity index (χ3n) is 7.38. The molecule has 1 aromatic heterocycles. The summed E-state index contributed by atoms with van der Waals surface area (Å²) < 4.78 is 19.9. The highest BCUT2D eigenvalue weighted by Gasteiger charge is 2.43. The molecular formula is C24H30FN5O2. The number of ether oxygens (including phenoxy) is 1. The van der Waals surface area contributed by atoms with E-state index in [2.05, 4.69) is 20.8 Å². The van der Waals surface area contributed by atoms with Crippen LogP contribution in [0.1, 0.15) is 42.5 Å². The quantitative estimate of drug-likeness (QED) is 0.640. The summed E-state index contributed by atoms with van der Waals surface area (Å²) in [4.78, 5) is 11.2. The first kappa shape index (κ1) is 21.3. The standard InChI is InChI=1S/C24H30FN5O2/c25-20-11-15(24(26)31)1-2-18(20)21-3-4-23(30-29-21)28-17-10-16-13-27-22(19(16)12-17)9-14-5-7-32-8-6-14/h1-4,11,14,16-17,19,22,27H,5-10,12-13H2,(H2,26,31)(H,28,30)/t16-,17+,19+,22+/m1/s1. The van der Waals surface area contributed by atoms with Crippen molar-refractivity contribution in [3.63, 3.8) is 0 Å². The van der Waals surface area contributed by atoms with Crippen LogP contribution in [0.3, 0.4) is 0 Å². The van der Waals surface area contributed by atoms with E-state index < -0.39 is 11.7 Å². The monoisotopic (exact) mass is 439 g/mol. The molecular weight excluding hydrogens is 409 g/mol. The van der Waals surface area contributed by atoms with Gasteiger partial charge in [-0.3, -0.25) is 4.79 Å². The lowest BCUT2D eigenvalue weighted by molar-refractivity contribution is 0.0594. The first-order valence-corrected chi connectivity index (χ1v) is 11.6. The fourth-order valence-electron chi connectivity index (χ4n) is 5.69. The number of hydrogen-bond donors (Lipinski definition) is 3. The number of carbonyl (C=O) groups excluding carboxylic acids is 1. The molecule has 3 aliphatic rings. The number of fused-ring (bicyclic) bond motifs is 1. The van der Waals surface area contributed by atoms with Crippen molar-refractivity contribution >= 4 is 11.7 Å². The van der Waals surface area contributed by atoms with Gasteiger partial charge in [-0.05, 0) is 86.7 Å². The van der Waals surface area contributed by atoms with Crippen LogP contribution in [0, 0.1) is 23.6 Å². The van der Waals surface area contributed by atoms with Gasteiger partial charge in [-0.1, -0.05) is 0 Å². The van der Waals surface area contributed by atoms with Crippen LogP contribution in [0.15, 0.2) is 30.3 Å². The Morgan fingerprint density at radius 3 is 2.75 bits per heavy atom. The van der Waals surface area contributed by atoms with Gasteiger partial charge < -0.3 is 21.1 Å². The van der Waals surface area contributed by atoms with E-state index in [9.17, 15) is 9.18 Å². The smallest absolute Gasteiger partial charge is 0.248 e. The normalized spacial score (nSPS) is 27.9. The van der Waals surface area contributed by atoms with Crippen molar-refractivity contribution in [3.8, 4) is 11.3 Å². The molecule has 3 fully saturated rings. The number of halogens is 1. The Morgan fingerprint density at radius 1 is 1.19 bits per heavy atom. The van der Waals surface area contributed by atoms with E-state index in [1.807, 2.05) is 6.07 Å². The first-order valence-electron chi connectivity index (χ1n) is 11.6. The summed E-state index contributed by atoms with van der Waals surface area (Å²) in [6.07, 6.45) is 5.90. The molecule has 4 atom stereocenters. The highest BCUT2D eigenvalue weighted by Crippen LogP contribution is 2.41. The number of nitrogens with two attached hydrogens (primary N) is 1. The van der Waals surface area contributed by atoms with Gasteiger partial charge in [0.15, 0.2) is 0 Å². The summed E-state index contributed by atoms with van der Waals surface area (Å²) in [5.41, 5.74) is 6.06. The molecule has 2 saturated heterocycles. The molecule has 2 aromatic rings. The number of anilines is 1. The van der Waals surface area contributed by atoms with Crippen LogP contribution >= 0.6 is 0 Å². The summed E-state index contributed by atoms with van der Waals surface area (Å²) in [6, 6.07) is 8.73. The summed E-state index contributed by atoms with van der Waals surface area (Å²) in [7, 11) is 0. The molecule has 3 heterocycles. The van der Waals surface area contributed by atoms with E-state index in [0.29, 0.717) is 41.0 Å². The van der Waals surface area contributed by atoms with E-state index in [1.54, 1.807) is 6.07 Å². The second kappa shape index (κ2) is 9.11. The topological polar surface area (TPSA) is 102 Å². The molecule has 0 spiro atoms. The maximum atomic E-state index is 14.4.